The minimum Gasteiger partial charge on any atom is -0.444 e. The third-order valence-electron chi connectivity index (χ3n) is 4.37. The first kappa shape index (κ1) is 15.8. The van der Waals surface area contributed by atoms with Gasteiger partial charge in [0.05, 0.1) is 17.4 Å². The van der Waals surface area contributed by atoms with Crippen molar-refractivity contribution in [3.63, 3.8) is 0 Å². The summed E-state index contributed by atoms with van der Waals surface area (Å²) in [6, 6.07) is 6.51. The molecular formula is C18H25N3O2. The lowest BCUT2D eigenvalue weighted by molar-refractivity contribution is 0.0205. The molecule has 2 aromatic rings. The summed E-state index contributed by atoms with van der Waals surface area (Å²) in [7, 11) is 2.01. The van der Waals surface area contributed by atoms with Crippen LogP contribution < -0.4 is 0 Å². The Bertz CT molecular complexity index is 707. The third-order valence-corrected chi connectivity index (χ3v) is 4.37. The molecule has 1 aromatic heterocycles. The number of ether oxygens (including phenoxy) is 1. The van der Waals surface area contributed by atoms with Crippen LogP contribution in [0.3, 0.4) is 0 Å². The highest BCUT2D eigenvalue weighted by Gasteiger charge is 2.27. The summed E-state index contributed by atoms with van der Waals surface area (Å²) in [6.45, 7) is 7.21. The fraction of sp³-hybridized carbons (Fsp3) is 0.556. The van der Waals surface area contributed by atoms with Crippen LogP contribution in [0.15, 0.2) is 24.5 Å². The lowest BCUT2D eigenvalue weighted by Gasteiger charge is -2.33. The van der Waals surface area contributed by atoms with Crippen LogP contribution in [0.25, 0.3) is 11.0 Å². The monoisotopic (exact) mass is 315 g/mol. The van der Waals surface area contributed by atoms with E-state index >= 15 is 0 Å². The molecule has 1 aromatic carbocycles. The Morgan fingerprint density at radius 3 is 2.61 bits per heavy atom. The number of nitrogens with zero attached hydrogens (tertiary/aromatic N) is 3. The molecule has 0 bridgehead atoms. The van der Waals surface area contributed by atoms with Crippen LogP contribution in [-0.4, -0.2) is 39.2 Å². The first-order valence-corrected chi connectivity index (χ1v) is 8.22. The van der Waals surface area contributed by atoms with E-state index in [9.17, 15) is 4.79 Å². The van der Waals surface area contributed by atoms with Crippen LogP contribution in [0.4, 0.5) is 4.79 Å². The number of piperidine rings is 1. The summed E-state index contributed by atoms with van der Waals surface area (Å²) >= 11 is 0. The van der Waals surface area contributed by atoms with Crippen LogP contribution in [-0.2, 0) is 11.8 Å². The first-order valence-electron chi connectivity index (χ1n) is 8.22. The Morgan fingerprint density at radius 2 is 1.96 bits per heavy atom. The van der Waals surface area contributed by atoms with Gasteiger partial charge in [-0.15, -0.1) is 0 Å². The zero-order valence-corrected chi connectivity index (χ0v) is 14.4. The van der Waals surface area contributed by atoms with Gasteiger partial charge in [-0.05, 0) is 57.2 Å². The third kappa shape index (κ3) is 3.49. The van der Waals surface area contributed by atoms with Crippen molar-refractivity contribution in [2.75, 3.05) is 13.1 Å². The number of fused-ring (bicyclic) bond motifs is 1. The van der Waals surface area contributed by atoms with Crippen molar-refractivity contribution in [3.8, 4) is 0 Å². The average Bonchev–Trinajstić information content (AvgIpc) is 2.87. The quantitative estimate of drug-likeness (QED) is 0.806. The second-order valence-electron chi connectivity index (χ2n) is 7.35. The van der Waals surface area contributed by atoms with Gasteiger partial charge in [0.1, 0.15) is 5.60 Å². The smallest absolute Gasteiger partial charge is 0.410 e. The minimum absolute atomic E-state index is 0.198. The van der Waals surface area contributed by atoms with Gasteiger partial charge in [-0.3, -0.25) is 0 Å². The molecule has 1 aliphatic heterocycles. The highest BCUT2D eigenvalue weighted by atomic mass is 16.6. The number of aromatic nitrogens is 2. The molecule has 0 saturated carbocycles. The number of rotatable bonds is 1. The van der Waals surface area contributed by atoms with E-state index in [1.807, 2.05) is 43.6 Å². The summed E-state index contributed by atoms with van der Waals surface area (Å²) in [5, 5.41) is 0. The van der Waals surface area contributed by atoms with E-state index in [0.717, 1.165) is 37.0 Å². The van der Waals surface area contributed by atoms with Gasteiger partial charge < -0.3 is 14.2 Å². The Hall–Kier alpha value is -2.04. The van der Waals surface area contributed by atoms with Crippen molar-refractivity contribution in [3.05, 3.63) is 30.1 Å². The molecule has 0 unspecified atom stereocenters. The zero-order valence-electron chi connectivity index (χ0n) is 14.4. The fourth-order valence-electron chi connectivity index (χ4n) is 3.13. The van der Waals surface area contributed by atoms with E-state index < -0.39 is 5.60 Å². The number of hydrogen-bond donors (Lipinski definition) is 0. The van der Waals surface area contributed by atoms with Crippen molar-refractivity contribution >= 4 is 17.1 Å². The molecule has 1 saturated heterocycles. The molecule has 0 radical (unpaired) electrons. The van der Waals surface area contributed by atoms with Crippen LogP contribution in [0.2, 0.25) is 0 Å². The van der Waals surface area contributed by atoms with E-state index in [2.05, 4.69) is 23.2 Å². The summed E-state index contributed by atoms with van der Waals surface area (Å²) in [4.78, 5) is 18.4. The maximum Gasteiger partial charge on any atom is 0.410 e. The molecule has 1 fully saturated rings. The fourth-order valence-corrected chi connectivity index (χ4v) is 3.13. The molecule has 3 rings (SSSR count). The highest BCUT2D eigenvalue weighted by molar-refractivity contribution is 5.76. The molecule has 0 atom stereocenters. The van der Waals surface area contributed by atoms with Gasteiger partial charge in [0.25, 0.3) is 0 Å². The Kier molecular flexibility index (Phi) is 4.04. The van der Waals surface area contributed by atoms with Crippen LogP contribution in [0, 0.1) is 0 Å². The molecule has 1 aliphatic rings. The van der Waals surface area contributed by atoms with E-state index in [1.54, 1.807) is 0 Å². The number of likely N-dealkylation sites (tertiary alicyclic amines) is 1. The van der Waals surface area contributed by atoms with Crippen molar-refractivity contribution in [2.24, 2.45) is 7.05 Å². The molecule has 0 spiro atoms. The van der Waals surface area contributed by atoms with E-state index in [1.165, 1.54) is 5.56 Å². The molecule has 124 valence electrons. The molecule has 5 heteroatoms. The van der Waals surface area contributed by atoms with Gasteiger partial charge in [-0.2, -0.15) is 0 Å². The number of carbonyl (C=O) groups is 1. The molecular weight excluding hydrogens is 290 g/mol. The van der Waals surface area contributed by atoms with Crippen molar-refractivity contribution in [2.45, 2.75) is 45.1 Å². The SMILES string of the molecule is Cn1cnc2cc(C3CCN(C(=O)OC(C)(C)C)CC3)ccc21. The predicted octanol–water partition coefficient (Wildman–Crippen LogP) is 3.69. The zero-order chi connectivity index (χ0) is 16.6. The highest BCUT2D eigenvalue weighted by Crippen LogP contribution is 2.30. The van der Waals surface area contributed by atoms with Crippen molar-refractivity contribution in [1.29, 1.82) is 0 Å². The summed E-state index contributed by atoms with van der Waals surface area (Å²) in [6.07, 6.45) is 3.59. The predicted molar refractivity (Wildman–Crippen MR) is 90.5 cm³/mol. The number of benzene rings is 1. The lowest BCUT2D eigenvalue weighted by Crippen LogP contribution is -2.41. The Balaban J connectivity index is 1.65. The minimum atomic E-state index is -0.433. The van der Waals surface area contributed by atoms with Crippen molar-refractivity contribution in [1.82, 2.24) is 14.5 Å². The topological polar surface area (TPSA) is 47.4 Å². The van der Waals surface area contributed by atoms with Crippen LogP contribution in [0.1, 0.15) is 45.1 Å². The van der Waals surface area contributed by atoms with E-state index in [-0.39, 0.29) is 6.09 Å². The van der Waals surface area contributed by atoms with E-state index in [4.69, 9.17) is 4.74 Å². The second kappa shape index (κ2) is 5.87. The first-order chi connectivity index (χ1) is 10.8. The largest absolute Gasteiger partial charge is 0.444 e. The lowest BCUT2D eigenvalue weighted by atomic mass is 9.89. The van der Waals surface area contributed by atoms with Gasteiger partial charge in [0.15, 0.2) is 0 Å². The number of amides is 1. The van der Waals surface area contributed by atoms with Crippen LogP contribution in [0.5, 0.6) is 0 Å². The number of aryl methyl sites for hydroxylation is 1. The normalized spacial score (nSPS) is 16.8. The van der Waals surface area contributed by atoms with Gasteiger partial charge >= 0.3 is 6.09 Å². The average molecular weight is 315 g/mol. The summed E-state index contributed by atoms with van der Waals surface area (Å²) in [5.41, 5.74) is 3.08. The molecule has 23 heavy (non-hydrogen) atoms. The van der Waals surface area contributed by atoms with Crippen LogP contribution >= 0.6 is 0 Å². The molecule has 1 amide bonds. The standard InChI is InChI=1S/C18H25N3O2/c1-18(2,3)23-17(22)21-9-7-13(8-10-21)14-5-6-16-15(11-14)19-12-20(16)4/h5-6,11-13H,7-10H2,1-4H3. The maximum atomic E-state index is 12.1. The van der Waals surface area contributed by atoms with Gasteiger partial charge in [0.2, 0.25) is 0 Å². The number of hydrogen-bond acceptors (Lipinski definition) is 3. The molecule has 0 N–H and O–H groups in total. The maximum absolute atomic E-state index is 12.1. The number of carbonyl (C=O) groups excluding carboxylic acids is 1. The summed E-state index contributed by atoms with van der Waals surface area (Å²) < 4.78 is 7.48. The summed E-state index contributed by atoms with van der Waals surface area (Å²) in [5.74, 6) is 0.486. The number of imidazole rings is 1. The van der Waals surface area contributed by atoms with Gasteiger partial charge in [-0.1, -0.05) is 6.07 Å². The van der Waals surface area contributed by atoms with Gasteiger partial charge in [-0.25, -0.2) is 9.78 Å². The Labute approximate surface area is 137 Å². The van der Waals surface area contributed by atoms with Crippen molar-refractivity contribution < 1.29 is 9.53 Å². The molecule has 0 aliphatic carbocycles. The second-order valence-corrected chi connectivity index (χ2v) is 7.35. The molecule has 5 nitrogen and oxygen atoms in total. The van der Waals surface area contributed by atoms with E-state index in [0.29, 0.717) is 5.92 Å². The molecule has 2 heterocycles. The van der Waals surface area contributed by atoms with Gasteiger partial charge in [0, 0.05) is 20.1 Å². The Morgan fingerprint density at radius 1 is 1.26 bits per heavy atom.